The molecule has 1 aromatic rings. The van der Waals surface area contributed by atoms with E-state index in [-0.39, 0.29) is 16.4 Å². The zero-order chi connectivity index (χ0) is 20.6. The Balaban J connectivity index is 1.38. The van der Waals surface area contributed by atoms with Crippen LogP contribution in [0.2, 0.25) is 0 Å². The van der Waals surface area contributed by atoms with Crippen LogP contribution in [-0.4, -0.2) is 67.1 Å². The number of sulfonamides is 1. The van der Waals surface area contributed by atoms with Crippen molar-refractivity contribution >= 4 is 15.9 Å². The highest BCUT2D eigenvalue weighted by atomic mass is 32.2. The fourth-order valence-electron chi connectivity index (χ4n) is 5.10. The molecule has 0 N–H and O–H groups in total. The number of ether oxygens (including phenoxy) is 1. The molecular formula is C20H31N3O5S. The molecule has 29 heavy (non-hydrogen) atoms. The molecule has 4 heterocycles. The SMILES string of the molecule is Cc1noc(C)c1S(=O)(=O)N1CCC2(CC1)CC(CC(=O)N1CCCC1)CCO2. The Morgan fingerprint density at radius 3 is 2.48 bits per heavy atom. The highest BCUT2D eigenvalue weighted by molar-refractivity contribution is 7.89. The van der Waals surface area contributed by atoms with Gasteiger partial charge in [0.1, 0.15) is 10.6 Å². The molecule has 1 atom stereocenters. The van der Waals surface area contributed by atoms with E-state index in [1.165, 1.54) is 4.31 Å². The summed E-state index contributed by atoms with van der Waals surface area (Å²) in [7, 11) is -3.62. The third-order valence-electron chi connectivity index (χ3n) is 6.72. The van der Waals surface area contributed by atoms with Crippen molar-refractivity contribution in [3.8, 4) is 0 Å². The monoisotopic (exact) mass is 425 g/mol. The second-order valence-corrected chi connectivity index (χ2v) is 10.6. The highest BCUT2D eigenvalue weighted by Crippen LogP contribution is 2.40. The summed E-state index contributed by atoms with van der Waals surface area (Å²) in [6.45, 7) is 6.54. The summed E-state index contributed by atoms with van der Waals surface area (Å²) < 4.78 is 38.9. The van der Waals surface area contributed by atoms with Gasteiger partial charge >= 0.3 is 0 Å². The van der Waals surface area contributed by atoms with Crippen LogP contribution in [0.3, 0.4) is 0 Å². The van der Waals surface area contributed by atoms with E-state index in [4.69, 9.17) is 9.26 Å². The third kappa shape index (κ3) is 4.09. The molecule has 0 radical (unpaired) electrons. The summed E-state index contributed by atoms with van der Waals surface area (Å²) in [4.78, 5) is 14.7. The first-order chi connectivity index (χ1) is 13.8. The van der Waals surface area contributed by atoms with E-state index in [9.17, 15) is 13.2 Å². The van der Waals surface area contributed by atoms with Gasteiger partial charge in [0.2, 0.25) is 15.9 Å². The number of likely N-dealkylation sites (tertiary alicyclic amines) is 1. The molecule has 3 fully saturated rings. The van der Waals surface area contributed by atoms with Crippen molar-refractivity contribution in [2.75, 3.05) is 32.8 Å². The molecule has 3 aliphatic rings. The minimum atomic E-state index is -3.62. The molecule has 3 saturated heterocycles. The predicted octanol–water partition coefficient (Wildman–Crippen LogP) is 2.25. The van der Waals surface area contributed by atoms with Gasteiger partial charge in [-0.15, -0.1) is 0 Å². The lowest BCUT2D eigenvalue weighted by atomic mass is 9.78. The van der Waals surface area contributed by atoms with Crippen molar-refractivity contribution in [3.05, 3.63) is 11.5 Å². The normalized spacial score (nSPS) is 25.6. The Kier molecular flexibility index (Phi) is 5.74. The molecule has 4 rings (SSSR count). The van der Waals surface area contributed by atoms with E-state index >= 15 is 0 Å². The molecule has 1 amide bonds. The van der Waals surface area contributed by atoms with Crippen LogP contribution < -0.4 is 0 Å². The number of aromatic nitrogens is 1. The van der Waals surface area contributed by atoms with Crippen LogP contribution in [0.4, 0.5) is 0 Å². The van der Waals surface area contributed by atoms with Crippen molar-refractivity contribution in [2.45, 2.75) is 69.3 Å². The van der Waals surface area contributed by atoms with Crippen LogP contribution in [0, 0.1) is 19.8 Å². The van der Waals surface area contributed by atoms with Gasteiger partial charge in [-0.3, -0.25) is 4.79 Å². The first-order valence-corrected chi connectivity index (χ1v) is 12.1. The van der Waals surface area contributed by atoms with E-state index in [0.29, 0.717) is 56.3 Å². The van der Waals surface area contributed by atoms with Gasteiger partial charge in [-0.05, 0) is 58.3 Å². The first kappa shape index (κ1) is 20.8. The lowest BCUT2D eigenvalue weighted by Crippen LogP contribution is -2.51. The average molecular weight is 426 g/mol. The molecule has 0 aromatic carbocycles. The molecule has 3 aliphatic heterocycles. The summed E-state index contributed by atoms with van der Waals surface area (Å²) in [5.41, 5.74) is 0.0936. The number of hydrogen-bond acceptors (Lipinski definition) is 6. The van der Waals surface area contributed by atoms with Gasteiger partial charge in [0.05, 0.1) is 5.60 Å². The third-order valence-corrected chi connectivity index (χ3v) is 8.86. The number of carbonyl (C=O) groups is 1. The molecule has 0 aliphatic carbocycles. The van der Waals surface area contributed by atoms with E-state index in [1.54, 1.807) is 13.8 Å². The summed E-state index contributed by atoms with van der Waals surface area (Å²) in [6, 6.07) is 0. The Morgan fingerprint density at radius 1 is 1.17 bits per heavy atom. The van der Waals surface area contributed by atoms with Gasteiger partial charge in [0.15, 0.2) is 5.76 Å². The van der Waals surface area contributed by atoms with Crippen molar-refractivity contribution < 1.29 is 22.5 Å². The van der Waals surface area contributed by atoms with Crippen LogP contribution in [-0.2, 0) is 19.6 Å². The van der Waals surface area contributed by atoms with Crippen molar-refractivity contribution in [3.63, 3.8) is 0 Å². The van der Waals surface area contributed by atoms with Gasteiger partial charge in [-0.1, -0.05) is 5.16 Å². The molecule has 0 saturated carbocycles. The van der Waals surface area contributed by atoms with Gasteiger partial charge in [-0.2, -0.15) is 4.31 Å². The maximum absolute atomic E-state index is 13.1. The van der Waals surface area contributed by atoms with Crippen LogP contribution in [0.25, 0.3) is 0 Å². The molecule has 1 spiro atoms. The maximum Gasteiger partial charge on any atom is 0.248 e. The number of piperidine rings is 1. The number of aryl methyl sites for hydroxylation is 2. The van der Waals surface area contributed by atoms with E-state index < -0.39 is 10.0 Å². The number of rotatable bonds is 4. The summed E-state index contributed by atoms with van der Waals surface area (Å²) in [6.07, 6.45) is 5.87. The van der Waals surface area contributed by atoms with Crippen LogP contribution in [0.5, 0.6) is 0 Å². The maximum atomic E-state index is 13.1. The zero-order valence-corrected chi connectivity index (χ0v) is 18.2. The molecule has 1 aromatic heterocycles. The Morgan fingerprint density at radius 2 is 1.86 bits per heavy atom. The van der Waals surface area contributed by atoms with Crippen LogP contribution >= 0.6 is 0 Å². The van der Waals surface area contributed by atoms with Gasteiger partial charge < -0.3 is 14.2 Å². The molecule has 162 valence electrons. The number of nitrogens with zero attached hydrogens (tertiary/aromatic N) is 3. The minimum Gasteiger partial charge on any atom is -0.375 e. The van der Waals surface area contributed by atoms with Crippen LogP contribution in [0.1, 0.15) is 56.4 Å². The highest BCUT2D eigenvalue weighted by Gasteiger charge is 2.44. The Hall–Kier alpha value is -1.45. The lowest BCUT2D eigenvalue weighted by Gasteiger charge is -2.45. The molecular weight excluding hydrogens is 394 g/mol. The van der Waals surface area contributed by atoms with E-state index in [0.717, 1.165) is 38.8 Å². The Bertz CT molecular complexity index is 832. The summed E-state index contributed by atoms with van der Waals surface area (Å²) >= 11 is 0. The fourth-order valence-corrected chi connectivity index (χ4v) is 6.83. The van der Waals surface area contributed by atoms with Gasteiger partial charge in [-0.25, -0.2) is 8.42 Å². The first-order valence-electron chi connectivity index (χ1n) is 10.7. The van der Waals surface area contributed by atoms with Crippen molar-refractivity contribution in [1.82, 2.24) is 14.4 Å². The topological polar surface area (TPSA) is 93.0 Å². The molecule has 0 bridgehead atoms. The second-order valence-electron chi connectivity index (χ2n) is 8.74. The molecule has 1 unspecified atom stereocenters. The quantitative estimate of drug-likeness (QED) is 0.735. The summed E-state index contributed by atoms with van der Waals surface area (Å²) in [5, 5.41) is 3.79. The van der Waals surface area contributed by atoms with Crippen molar-refractivity contribution in [2.24, 2.45) is 5.92 Å². The number of amides is 1. The second kappa shape index (κ2) is 8.00. The number of hydrogen-bond donors (Lipinski definition) is 0. The lowest BCUT2D eigenvalue weighted by molar-refractivity contribution is -0.139. The summed E-state index contributed by atoms with van der Waals surface area (Å²) in [5.74, 6) is 0.919. The number of carbonyl (C=O) groups excluding carboxylic acids is 1. The molecule has 8 nitrogen and oxygen atoms in total. The molecule has 9 heteroatoms. The largest absolute Gasteiger partial charge is 0.375 e. The van der Waals surface area contributed by atoms with Crippen LogP contribution in [0.15, 0.2) is 9.42 Å². The van der Waals surface area contributed by atoms with Gasteiger partial charge in [0.25, 0.3) is 0 Å². The Labute approximate surface area is 172 Å². The predicted molar refractivity (Wildman–Crippen MR) is 106 cm³/mol. The minimum absolute atomic E-state index is 0.187. The van der Waals surface area contributed by atoms with Gasteiger partial charge in [0, 0.05) is 39.2 Å². The average Bonchev–Trinajstić information content (AvgIpc) is 3.32. The van der Waals surface area contributed by atoms with E-state index in [2.05, 4.69) is 5.16 Å². The smallest absolute Gasteiger partial charge is 0.248 e. The standard InChI is InChI=1S/C20H31N3O5S/c1-15-19(16(2)28-21-15)29(25,26)23-10-6-20(7-11-23)14-17(5-12-27-20)13-18(24)22-8-3-4-9-22/h17H,3-14H2,1-2H3. The zero-order valence-electron chi connectivity index (χ0n) is 17.4. The fraction of sp³-hybridized carbons (Fsp3) is 0.800. The van der Waals surface area contributed by atoms with E-state index in [1.807, 2.05) is 4.90 Å². The van der Waals surface area contributed by atoms with Crippen molar-refractivity contribution in [1.29, 1.82) is 0 Å².